The summed E-state index contributed by atoms with van der Waals surface area (Å²) in [6.45, 7) is 5.20. The number of rotatable bonds is 3. The predicted molar refractivity (Wildman–Crippen MR) is 116 cm³/mol. The van der Waals surface area contributed by atoms with Gasteiger partial charge in [-0.05, 0) is 44.4 Å². The van der Waals surface area contributed by atoms with Gasteiger partial charge in [-0.1, -0.05) is 42.0 Å². The van der Waals surface area contributed by atoms with Gasteiger partial charge in [0.15, 0.2) is 0 Å². The second-order valence-electron chi connectivity index (χ2n) is 8.01. The van der Waals surface area contributed by atoms with Gasteiger partial charge in [0.25, 0.3) is 5.91 Å². The molecular weight excluding hydrogens is 421 g/mol. The highest BCUT2D eigenvalue weighted by Gasteiger charge is 2.31. The molecule has 31 heavy (non-hydrogen) atoms. The Morgan fingerprint density at radius 2 is 1.74 bits per heavy atom. The number of thiazole rings is 1. The van der Waals surface area contributed by atoms with Gasteiger partial charge in [0.1, 0.15) is 9.88 Å². The molecule has 1 saturated heterocycles. The third-order valence-electron chi connectivity index (χ3n) is 5.71. The molecule has 0 saturated carbocycles. The SMILES string of the molecule is Cc1ccc([C@H]2CCCN(C(=O)c3sc(-c4ccc(C(F)(F)F)cc4)nc3C)C2)cc1. The topological polar surface area (TPSA) is 33.2 Å². The van der Waals surface area contributed by atoms with Crippen LogP contribution in [0.5, 0.6) is 0 Å². The number of piperidine rings is 1. The van der Waals surface area contributed by atoms with Gasteiger partial charge >= 0.3 is 6.18 Å². The van der Waals surface area contributed by atoms with E-state index in [1.165, 1.54) is 34.6 Å². The summed E-state index contributed by atoms with van der Waals surface area (Å²) in [5, 5.41) is 0.557. The normalized spacial score (nSPS) is 17.1. The summed E-state index contributed by atoms with van der Waals surface area (Å²) in [6.07, 6.45) is -2.39. The van der Waals surface area contributed by atoms with Gasteiger partial charge in [0, 0.05) is 24.6 Å². The fourth-order valence-electron chi connectivity index (χ4n) is 3.94. The Morgan fingerprint density at radius 3 is 2.39 bits per heavy atom. The molecular formula is C24H23F3N2OS. The minimum Gasteiger partial charge on any atom is -0.337 e. The molecule has 4 rings (SSSR count). The number of hydrogen-bond donors (Lipinski definition) is 0. The molecule has 0 N–H and O–H groups in total. The van der Waals surface area contributed by atoms with Crippen molar-refractivity contribution >= 4 is 17.2 Å². The maximum Gasteiger partial charge on any atom is 0.416 e. The van der Waals surface area contributed by atoms with E-state index in [0.29, 0.717) is 40.1 Å². The molecule has 0 bridgehead atoms. The molecule has 1 aliphatic rings. The van der Waals surface area contributed by atoms with Crippen LogP contribution in [0.2, 0.25) is 0 Å². The zero-order valence-corrected chi connectivity index (χ0v) is 18.2. The number of amides is 1. The molecule has 1 amide bonds. The second-order valence-corrected chi connectivity index (χ2v) is 9.01. The summed E-state index contributed by atoms with van der Waals surface area (Å²) < 4.78 is 38.4. The number of hydrogen-bond acceptors (Lipinski definition) is 3. The Hall–Kier alpha value is -2.67. The van der Waals surface area contributed by atoms with Crippen molar-refractivity contribution in [3.63, 3.8) is 0 Å². The first kappa shape index (κ1) is 21.6. The molecule has 1 atom stereocenters. The molecule has 2 aromatic carbocycles. The second kappa shape index (κ2) is 8.46. The number of alkyl halides is 3. The summed E-state index contributed by atoms with van der Waals surface area (Å²) in [4.78, 5) is 20.1. The maximum absolute atomic E-state index is 13.2. The monoisotopic (exact) mass is 444 g/mol. The van der Waals surface area contributed by atoms with E-state index in [4.69, 9.17) is 0 Å². The first-order chi connectivity index (χ1) is 14.7. The van der Waals surface area contributed by atoms with Crippen LogP contribution >= 0.6 is 11.3 Å². The number of likely N-dealkylation sites (tertiary alicyclic amines) is 1. The minimum atomic E-state index is -4.37. The molecule has 0 radical (unpaired) electrons. The van der Waals surface area contributed by atoms with E-state index in [1.807, 2.05) is 4.90 Å². The van der Waals surface area contributed by atoms with Crippen molar-refractivity contribution in [1.82, 2.24) is 9.88 Å². The smallest absolute Gasteiger partial charge is 0.337 e. The van der Waals surface area contributed by atoms with Crippen molar-refractivity contribution in [2.24, 2.45) is 0 Å². The molecule has 0 unspecified atom stereocenters. The van der Waals surface area contributed by atoms with Gasteiger partial charge in [0.05, 0.1) is 11.3 Å². The third-order valence-corrected chi connectivity index (χ3v) is 6.90. The molecule has 7 heteroatoms. The van der Waals surface area contributed by atoms with Crippen LogP contribution in [0.4, 0.5) is 13.2 Å². The number of carbonyl (C=O) groups is 1. The van der Waals surface area contributed by atoms with Crippen molar-refractivity contribution in [3.05, 3.63) is 75.8 Å². The van der Waals surface area contributed by atoms with Crippen LogP contribution in [0.25, 0.3) is 10.6 Å². The first-order valence-corrected chi connectivity index (χ1v) is 11.0. The van der Waals surface area contributed by atoms with Crippen molar-refractivity contribution in [1.29, 1.82) is 0 Å². The molecule has 1 aliphatic heterocycles. The quantitative estimate of drug-likeness (QED) is 0.464. The number of nitrogens with zero attached hydrogens (tertiary/aromatic N) is 2. The lowest BCUT2D eigenvalue weighted by Gasteiger charge is -2.33. The fraction of sp³-hybridized carbons (Fsp3) is 0.333. The lowest BCUT2D eigenvalue weighted by atomic mass is 9.90. The van der Waals surface area contributed by atoms with E-state index in [-0.39, 0.29) is 5.91 Å². The van der Waals surface area contributed by atoms with Gasteiger partial charge in [-0.25, -0.2) is 4.98 Å². The summed E-state index contributed by atoms with van der Waals surface area (Å²) in [5.41, 5.74) is 2.95. The Balaban J connectivity index is 1.52. The van der Waals surface area contributed by atoms with E-state index in [1.54, 1.807) is 6.92 Å². The Kier molecular flexibility index (Phi) is 5.88. The molecule has 1 fully saturated rings. The van der Waals surface area contributed by atoms with Gasteiger partial charge in [-0.2, -0.15) is 13.2 Å². The predicted octanol–water partition coefficient (Wildman–Crippen LogP) is 6.47. The van der Waals surface area contributed by atoms with Crippen molar-refractivity contribution < 1.29 is 18.0 Å². The van der Waals surface area contributed by atoms with E-state index >= 15 is 0 Å². The van der Waals surface area contributed by atoms with Crippen molar-refractivity contribution in [2.45, 2.75) is 38.8 Å². The number of halogens is 3. The highest BCUT2D eigenvalue weighted by atomic mass is 32.1. The Labute approximate surface area is 183 Å². The lowest BCUT2D eigenvalue weighted by Crippen LogP contribution is -2.39. The van der Waals surface area contributed by atoms with Gasteiger partial charge in [0.2, 0.25) is 0 Å². The minimum absolute atomic E-state index is 0.0510. The van der Waals surface area contributed by atoms with Crippen LogP contribution in [-0.4, -0.2) is 28.9 Å². The Morgan fingerprint density at radius 1 is 1.06 bits per heavy atom. The first-order valence-electron chi connectivity index (χ1n) is 10.2. The highest BCUT2D eigenvalue weighted by Crippen LogP contribution is 2.34. The fourth-order valence-corrected chi connectivity index (χ4v) is 4.98. The third kappa shape index (κ3) is 4.66. The van der Waals surface area contributed by atoms with Crippen molar-refractivity contribution in [2.75, 3.05) is 13.1 Å². The Bertz CT molecular complexity index is 1070. The molecule has 3 aromatic rings. The van der Waals surface area contributed by atoms with Gasteiger partial charge in [-0.15, -0.1) is 11.3 Å². The molecule has 3 nitrogen and oxygen atoms in total. The molecule has 1 aromatic heterocycles. The zero-order valence-electron chi connectivity index (χ0n) is 17.4. The van der Waals surface area contributed by atoms with Crippen LogP contribution in [0.15, 0.2) is 48.5 Å². The van der Waals surface area contributed by atoms with E-state index < -0.39 is 11.7 Å². The maximum atomic E-state index is 13.2. The summed E-state index contributed by atoms with van der Waals surface area (Å²) in [5.74, 6) is 0.255. The average molecular weight is 445 g/mol. The van der Waals surface area contributed by atoms with Crippen molar-refractivity contribution in [3.8, 4) is 10.6 Å². The summed E-state index contributed by atoms with van der Waals surface area (Å²) in [6, 6.07) is 13.4. The van der Waals surface area contributed by atoms with Crippen LogP contribution in [-0.2, 0) is 6.18 Å². The van der Waals surface area contributed by atoms with Gasteiger partial charge < -0.3 is 4.90 Å². The number of aromatic nitrogens is 1. The number of benzene rings is 2. The molecule has 0 aliphatic carbocycles. The number of carbonyl (C=O) groups excluding carboxylic acids is 1. The molecule has 0 spiro atoms. The largest absolute Gasteiger partial charge is 0.416 e. The van der Waals surface area contributed by atoms with Crippen LogP contribution in [0.3, 0.4) is 0 Å². The lowest BCUT2D eigenvalue weighted by molar-refractivity contribution is -0.137. The zero-order chi connectivity index (χ0) is 22.2. The number of aryl methyl sites for hydroxylation is 2. The standard InChI is InChI=1S/C24H23F3N2OS/c1-15-5-7-17(8-6-15)19-4-3-13-29(14-19)23(30)21-16(2)28-22(31-21)18-9-11-20(12-10-18)24(25,26)27/h5-12,19H,3-4,13-14H2,1-2H3/t19-/m0/s1. The summed E-state index contributed by atoms with van der Waals surface area (Å²) in [7, 11) is 0. The van der Waals surface area contributed by atoms with Crippen LogP contribution < -0.4 is 0 Å². The van der Waals surface area contributed by atoms with E-state index in [2.05, 4.69) is 36.2 Å². The summed E-state index contributed by atoms with van der Waals surface area (Å²) >= 11 is 1.24. The molecule has 162 valence electrons. The highest BCUT2D eigenvalue weighted by molar-refractivity contribution is 7.17. The molecule has 2 heterocycles. The van der Waals surface area contributed by atoms with Crippen LogP contribution in [0.1, 0.15) is 50.8 Å². The van der Waals surface area contributed by atoms with Gasteiger partial charge in [-0.3, -0.25) is 4.79 Å². The van der Waals surface area contributed by atoms with E-state index in [9.17, 15) is 18.0 Å². The average Bonchev–Trinajstić information content (AvgIpc) is 3.15. The van der Waals surface area contributed by atoms with Crippen LogP contribution in [0, 0.1) is 13.8 Å². The van der Waals surface area contributed by atoms with E-state index in [0.717, 1.165) is 25.0 Å².